The Bertz CT molecular complexity index is 308. The standard InChI is InChI=1S/C11H15NO2S/c1-2-3-6-11(14)12-8-9(13)10-5-4-7-15-10/h2,4-5,7,9,13H,1,3,6,8H2,(H,12,14)/t9-/m0/s1. The molecule has 0 radical (unpaired) electrons. The zero-order valence-electron chi connectivity index (χ0n) is 8.48. The van der Waals surface area contributed by atoms with E-state index in [1.54, 1.807) is 6.08 Å². The van der Waals surface area contributed by atoms with Gasteiger partial charge >= 0.3 is 0 Å². The zero-order valence-corrected chi connectivity index (χ0v) is 9.30. The van der Waals surface area contributed by atoms with Crippen LogP contribution in [0.4, 0.5) is 0 Å². The van der Waals surface area contributed by atoms with E-state index < -0.39 is 6.10 Å². The summed E-state index contributed by atoms with van der Waals surface area (Å²) in [4.78, 5) is 12.1. The van der Waals surface area contributed by atoms with Gasteiger partial charge in [-0.15, -0.1) is 17.9 Å². The maximum Gasteiger partial charge on any atom is 0.220 e. The van der Waals surface area contributed by atoms with Crippen molar-refractivity contribution in [3.8, 4) is 0 Å². The van der Waals surface area contributed by atoms with Crippen LogP contribution in [0.1, 0.15) is 23.8 Å². The summed E-state index contributed by atoms with van der Waals surface area (Å²) in [6, 6.07) is 3.73. The Morgan fingerprint density at radius 2 is 2.53 bits per heavy atom. The van der Waals surface area contributed by atoms with Crippen LogP contribution < -0.4 is 5.32 Å². The van der Waals surface area contributed by atoms with Gasteiger partial charge < -0.3 is 10.4 Å². The van der Waals surface area contributed by atoms with Crippen LogP contribution in [0.3, 0.4) is 0 Å². The molecule has 1 amide bonds. The normalized spacial score (nSPS) is 12.1. The maximum atomic E-state index is 11.2. The number of carbonyl (C=O) groups is 1. The van der Waals surface area contributed by atoms with E-state index in [2.05, 4.69) is 11.9 Å². The fourth-order valence-electron chi connectivity index (χ4n) is 1.11. The fourth-order valence-corrected chi connectivity index (χ4v) is 1.83. The van der Waals surface area contributed by atoms with Gasteiger partial charge in [-0.25, -0.2) is 0 Å². The molecule has 0 aliphatic carbocycles. The molecule has 0 saturated carbocycles. The van der Waals surface area contributed by atoms with Gasteiger partial charge in [0, 0.05) is 17.8 Å². The van der Waals surface area contributed by atoms with Gasteiger partial charge in [0.1, 0.15) is 6.10 Å². The van der Waals surface area contributed by atoms with Gasteiger partial charge in [-0.3, -0.25) is 4.79 Å². The summed E-state index contributed by atoms with van der Waals surface area (Å²) >= 11 is 1.48. The van der Waals surface area contributed by atoms with E-state index in [1.165, 1.54) is 11.3 Å². The van der Waals surface area contributed by atoms with Crippen LogP contribution in [0.5, 0.6) is 0 Å². The second kappa shape index (κ2) is 6.37. The molecule has 1 aromatic rings. The van der Waals surface area contributed by atoms with Gasteiger partial charge in [-0.05, 0) is 17.9 Å². The summed E-state index contributed by atoms with van der Waals surface area (Å²) in [5.41, 5.74) is 0. The summed E-state index contributed by atoms with van der Waals surface area (Å²) in [5, 5.41) is 14.2. The van der Waals surface area contributed by atoms with E-state index in [0.29, 0.717) is 12.8 Å². The van der Waals surface area contributed by atoms with Gasteiger partial charge in [0.15, 0.2) is 0 Å². The fraction of sp³-hybridized carbons (Fsp3) is 0.364. The van der Waals surface area contributed by atoms with Gasteiger partial charge in [0.25, 0.3) is 0 Å². The van der Waals surface area contributed by atoms with Crippen LogP contribution in [0.25, 0.3) is 0 Å². The largest absolute Gasteiger partial charge is 0.386 e. The molecule has 82 valence electrons. The van der Waals surface area contributed by atoms with Crippen molar-refractivity contribution in [1.82, 2.24) is 5.32 Å². The summed E-state index contributed by atoms with van der Waals surface area (Å²) in [6.07, 6.45) is 2.20. The molecule has 0 fully saturated rings. The van der Waals surface area contributed by atoms with Gasteiger partial charge in [-0.1, -0.05) is 12.1 Å². The number of thiophene rings is 1. The molecule has 0 aliphatic heterocycles. The second-order valence-corrected chi connectivity index (χ2v) is 4.14. The Labute approximate surface area is 93.4 Å². The number of aliphatic hydroxyl groups excluding tert-OH is 1. The lowest BCUT2D eigenvalue weighted by molar-refractivity contribution is -0.121. The van der Waals surface area contributed by atoms with E-state index in [0.717, 1.165) is 4.88 Å². The van der Waals surface area contributed by atoms with E-state index in [-0.39, 0.29) is 12.5 Å². The third-order valence-corrected chi connectivity index (χ3v) is 2.91. The summed E-state index contributed by atoms with van der Waals surface area (Å²) in [5.74, 6) is -0.0505. The van der Waals surface area contributed by atoms with Crippen molar-refractivity contribution < 1.29 is 9.90 Å². The average molecular weight is 225 g/mol. The number of carbonyl (C=O) groups excluding carboxylic acids is 1. The number of hydrogen-bond acceptors (Lipinski definition) is 3. The van der Waals surface area contributed by atoms with Gasteiger partial charge in [0.2, 0.25) is 5.91 Å². The van der Waals surface area contributed by atoms with E-state index in [1.807, 2.05) is 17.5 Å². The molecule has 0 aliphatic rings. The van der Waals surface area contributed by atoms with Crippen molar-refractivity contribution >= 4 is 17.2 Å². The maximum absolute atomic E-state index is 11.2. The molecule has 0 spiro atoms. The van der Waals surface area contributed by atoms with Crippen molar-refractivity contribution in [2.24, 2.45) is 0 Å². The third-order valence-electron chi connectivity index (χ3n) is 1.94. The number of hydrogen-bond donors (Lipinski definition) is 2. The van der Waals surface area contributed by atoms with Crippen LogP contribution in [0.15, 0.2) is 30.2 Å². The Morgan fingerprint density at radius 3 is 3.13 bits per heavy atom. The van der Waals surface area contributed by atoms with Gasteiger partial charge in [0.05, 0.1) is 0 Å². The Balaban J connectivity index is 2.25. The lowest BCUT2D eigenvalue weighted by atomic mass is 10.2. The molecule has 0 aromatic carbocycles. The second-order valence-electron chi connectivity index (χ2n) is 3.16. The molecule has 1 rings (SSSR count). The quantitative estimate of drug-likeness (QED) is 0.726. The predicted octanol–water partition coefficient (Wildman–Crippen LogP) is 1.86. The highest BCUT2D eigenvalue weighted by molar-refractivity contribution is 7.10. The highest BCUT2D eigenvalue weighted by Crippen LogP contribution is 2.17. The lowest BCUT2D eigenvalue weighted by Crippen LogP contribution is -2.27. The SMILES string of the molecule is C=CCCC(=O)NC[C@H](O)c1cccs1. The van der Waals surface area contributed by atoms with Crippen LogP contribution in [-0.4, -0.2) is 17.6 Å². The Kier molecular flexibility index (Phi) is 5.07. The smallest absolute Gasteiger partial charge is 0.220 e. The first-order valence-electron chi connectivity index (χ1n) is 4.83. The highest BCUT2D eigenvalue weighted by atomic mass is 32.1. The number of aliphatic hydroxyl groups is 1. The molecule has 15 heavy (non-hydrogen) atoms. The van der Waals surface area contributed by atoms with Crippen molar-refractivity contribution in [3.05, 3.63) is 35.0 Å². The predicted molar refractivity (Wildman–Crippen MR) is 61.7 cm³/mol. The highest BCUT2D eigenvalue weighted by Gasteiger charge is 2.09. The first-order valence-corrected chi connectivity index (χ1v) is 5.71. The Hall–Kier alpha value is -1.13. The number of rotatable bonds is 6. The number of nitrogens with one attached hydrogen (secondary N) is 1. The lowest BCUT2D eigenvalue weighted by Gasteiger charge is -2.09. The van der Waals surface area contributed by atoms with Crippen LogP contribution in [0, 0.1) is 0 Å². The monoisotopic (exact) mass is 225 g/mol. The minimum Gasteiger partial charge on any atom is -0.386 e. The minimum atomic E-state index is -0.599. The number of allylic oxidation sites excluding steroid dienone is 1. The van der Waals surface area contributed by atoms with Crippen LogP contribution >= 0.6 is 11.3 Å². The minimum absolute atomic E-state index is 0.0505. The molecule has 1 heterocycles. The molecular formula is C11H15NO2S. The topological polar surface area (TPSA) is 49.3 Å². The van der Waals surface area contributed by atoms with Crippen molar-refractivity contribution in [2.45, 2.75) is 18.9 Å². The van der Waals surface area contributed by atoms with Crippen LogP contribution in [0.2, 0.25) is 0 Å². The molecule has 0 saturated heterocycles. The first-order chi connectivity index (χ1) is 7.24. The molecule has 0 unspecified atom stereocenters. The molecular weight excluding hydrogens is 210 g/mol. The third kappa shape index (κ3) is 4.27. The zero-order chi connectivity index (χ0) is 11.1. The van der Waals surface area contributed by atoms with Crippen LogP contribution in [-0.2, 0) is 4.79 Å². The van der Waals surface area contributed by atoms with E-state index in [9.17, 15) is 9.90 Å². The molecule has 3 nitrogen and oxygen atoms in total. The summed E-state index contributed by atoms with van der Waals surface area (Å²) < 4.78 is 0. The number of amides is 1. The van der Waals surface area contributed by atoms with Crippen molar-refractivity contribution in [3.63, 3.8) is 0 Å². The first kappa shape index (κ1) is 11.9. The Morgan fingerprint density at radius 1 is 1.73 bits per heavy atom. The van der Waals surface area contributed by atoms with E-state index >= 15 is 0 Å². The molecule has 0 bridgehead atoms. The molecule has 2 N–H and O–H groups in total. The van der Waals surface area contributed by atoms with Crippen molar-refractivity contribution in [2.75, 3.05) is 6.54 Å². The molecule has 1 atom stereocenters. The van der Waals surface area contributed by atoms with Gasteiger partial charge in [-0.2, -0.15) is 0 Å². The van der Waals surface area contributed by atoms with Crippen molar-refractivity contribution in [1.29, 1.82) is 0 Å². The average Bonchev–Trinajstić information content (AvgIpc) is 2.76. The summed E-state index contributed by atoms with van der Waals surface area (Å²) in [6.45, 7) is 3.82. The van der Waals surface area contributed by atoms with E-state index in [4.69, 9.17) is 0 Å². The summed E-state index contributed by atoms with van der Waals surface area (Å²) in [7, 11) is 0. The molecule has 4 heteroatoms. The molecule has 1 aromatic heterocycles.